The molecule has 2 aliphatic heterocycles. The van der Waals surface area contributed by atoms with Crippen molar-refractivity contribution in [3.8, 4) is 11.5 Å². The van der Waals surface area contributed by atoms with Gasteiger partial charge in [-0.05, 0) is 37.1 Å². The quantitative estimate of drug-likeness (QED) is 0.826. The fourth-order valence-corrected chi connectivity index (χ4v) is 2.34. The number of ether oxygens (including phenoxy) is 2. The summed E-state index contributed by atoms with van der Waals surface area (Å²) in [5.41, 5.74) is 1.25. The van der Waals surface area contributed by atoms with Gasteiger partial charge in [0, 0.05) is 19.1 Å². The standard InChI is InChI=1S/C13H18N2O2/c1-2-11(8-14-5-1)15-7-10-3-4-12-13(6-10)17-9-16-12/h3-4,6,11,14-15H,1-2,5,7-9H2. The minimum Gasteiger partial charge on any atom is -0.454 e. The summed E-state index contributed by atoms with van der Waals surface area (Å²) in [6.45, 7) is 3.47. The lowest BCUT2D eigenvalue weighted by molar-refractivity contribution is 0.174. The average molecular weight is 234 g/mol. The van der Waals surface area contributed by atoms with E-state index in [1.165, 1.54) is 18.4 Å². The molecular formula is C13H18N2O2. The van der Waals surface area contributed by atoms with Crippen LogP contribution in [0.15, 0.2) is 18.2 Å². The van der Waals surface area contributed by atoms with Crippen LogP contribution in [0.25, 0.3) is 0 Å². The van der Waals surface area contributed by atoms with Crippen molar-refractivity contribution in [1.82, 2.24) is 10.6 Å². The van der Waals surface area contributed by atoms with E-state index >= 15 is 0 Å². The van der Waals surface area contributed by atoms with Gasteiger partial charge in [0.25, 0.3) is 0 Å². The van der Waals surface area contributed by atoms with Crippen LogP contribution in [-0.4, -0.2) is 25.9 Å². The Bertz CT molecular complexity index is 389. The summed E-state index contributed by atoms with van der Waals surface area (Å²) in [7, 11) is 0. The highest BCUT2D eigenvalue weighted by molar-refractivity contribution is 5.44. The van der Waals surface area contributed by atoms with Crippen LogP contribution < -0.4 is 20.1 Å². The first-order valence-corrected chi connectivity index (χ1v) is 6.24. The van der Waals surface area contributed by atoms with Crippen molar-refractivity contribution < 1.29 is 9.47 Å². The fourth-order valence-electron chi connectivity index (χ4n) is 2.34. The summed E-state index contributed by atoms with van der Waals surface area (Å²) in [4.78, 5) is 0. The van der Waals surface area contributed by atoms with Gasteiger partial charge in [0.1, 0.15) is 0 Å². The van der Waals surface area contributed by atoms with Crippen LogP contribution in [-0.2, 0) is 6.54 Å². The number of rotatable bonds is 3. The Labute approximate surface area is 101 Å². The lowest BCUT2D eigenvalue weighted by atomic mass is 10.1. The van der Waals surface area contributed by atoms with Gasteiger partial charge in [-0.2, -0.15) is 0 Å². The summed E-state index contributed by atoms with van der Waals surface area (Å²) in [6, 6.07) is 6.73. The molecule has 1 aromatic rings. The maximum Gasteiger partial charge on any atom is 0.231 e. The van der Waals surface area contributed by atoms with Crippen molar-refractivity contribution >= 4 is 0 Å². The summed E-state index contributed by atoms with van der Waals surface area (Å²) >= 11 is 0. The zero-order valence-corrected chi connectivity index (χ0v) is 9.87. The van der Waals surface area contributed by atoms with Gasteiger partial charge in [-0.1, -0.05) is 6.07 Å². The Kier molecular flexibility index (Phi) is 3.16. The zero-order valence-electron chi connectivity index (χ0n) is 9.87. The molecule has 2 aliphatic rings. The van der Waals surface area contributed by atoms with E-state index in [2.05, 4.69) is 22.8 Å². The van der Waals surface area contributed by atoms with E-state index in [-0.39, 0.29) is 0 Å². The van der Waals surface area contributed by atoms with Crippen molar-refractivity contribution in [2.75, 3.05) is 19.9 Å². The largest absolute Gasteiger partial charge is 0.454 e. The highest BCUT2D eigenvalue weighted by Crippen LogP contribution is 2.32. The Morgan fingerprint density at radius 1 is 1.29 bits per heavy atom. The number of piperidine rings is 1. The molecule has 0 spiro atoms. The molecule has 2 N–H and O–H groups in total. The SMILES string of the molecule is c1cc2c(cc1CNC1CCCNC1)OCO2. The zero-order chi connectivity index (χ0) is 11.5. The Hall–Kier alpha value is -1.26. The maximum atomic E-state index is 5.37. The molecule has 0 saturated carbocycles. The molecule has 0 amide bonds. The molecule has 0 aliphatic carbocycles. The molecule has 4 heteroatoms. The molecule has 0 radical (unpaired) electrons. The highest BCUT2D eigenvalue weighted by Gasteiger charge is 2.15. The third kappa shape index (κ3) is 2.53. The van der Waals surface area contributed by atoms with Crippen molar-refractivity contribution in [3.63, 3.8) is 0 Å². The van der Waals surface area contributed by atoms with E-state index in [0.29, 0.717) is 12.8 Å². The number of fused-ring (bicyclic) bond motifs is 1. The number of hydrogen-bond acceptors (Lipinski definition) is 4. The number of hydrogen-bond donors (Lipinski definition) is 2. The molecule has 2 heterocycles. The smallest absolute Gasteiger partial charge is 0.231 e. The lowest BCUT2D eigenvalue weighted by Gasteiger charge is -2.23. The van der Waals surface area contributed by atoms with Gasteiger partial charge < -0.3 is 20.1 Å². The van der Waals surface area contributed by atoms with Gasteiger partial charge in [0.2, 0.25) is 6.79 Å². The third-order valence-corrected chi connectivity index (χ3v) is 3.33. The van der Waals surface area contributed by atoms with Gasteiger partial charge in [0.05, 0.1) is 0 Å². The van der Waals surface area contributed by atoms with E-state index in [1.54, 1.807) is 0 Å². The Morgan fingerprint density at radius 3 is 3.12 bits per heavy atom. The molecule has 1 unspecified atom stereocenters. The predicted octanol–water partition coefficient (Wildman–Crippen LogP) is 1.26. The van der Waals surface area contributed by atoms with Crippen LogP contribution in [0.3, 0.4) is 0 Å². The average Bonchev–Trinajstić information content (AvgIpc) is 2.85. The highest BCUT2D eigenvalue weighted by atomic mass is 16.7. The van der Waals surface area contributed by atoms with Crippen LogP contribution in [0.5, 0.6) is 11.5 Å². The molecule has 17 heavy (non-hydrogen) atoms. The van der Waals surface area contributed by atoms with E-state index in [9.17, 15) is 0 Å². The van der Waals surface area contributed by atoms with Crippen LogP contribution >= 0.6 is 0 Å². The third-order valence-electron chi connectivity index (χ3n) is 3.33. The topological polar surface area (TPSA) is 42.5 Å². The molecule has 92 valence electrons. The lowest BCUT2D eigenvalue weighted by Crippen LogP contribution is -2.42. The van der Waals surface area contributed by atoms with Crippen LogP contribution in [0.2, 0.25) is 0 Å². The van der Waals surface area contributed by atoms with Gasteiger partial charge in [-0.25, -0.2) is 0 Å². The minimum absolute atomic E-state index is 0.346. The molecule has 1 aromatic carbocycles. The molecule has 0 bridgehead atoms. The van der Waals surface area contributed by atoms with Crippen molar-refractivity contribution in [1.29, 1.82) is 0 Å². The minimum atomic E-state index is 0.346. The van der Waals surface area contributed by atoms with Crippen LogP contribution in [0.1, 0.15) is 18.4 Å². The van der Waals surface area contributed by atoms with Gasteiger partial charge in [-0.15, -0.1) is 0 Å². The number of benzene rings is 1. The van der Waals surface area contributed by atoms with Crippen molar-refractivity contribution in [3.05, 3.63) is 23.8 Å². The number of nitrogens with one attached hydrogen (secondary N) is 2. The van der Waals surface area contributed by atoms with Gasteiger partial charge in [0.15, 0.2) is 11.5 Å². The molecule has 0 aromatic heterocycles. The molecular weight excluding hydrogens is 216 g/mol. The van der Waals surface area contributed by atoms with E-state index in [4.69, 9.17) is 9.47 Å². The molecule has 1 fully saturated rings. The predicted molar refractivity (Wildman–Crippen MR) is 65.3 cm³/mol. The second-order valence-corrected chi connectivity index (χ2v) is 4.61. The molecule has 1 saturated heterocycles. The van der Waals surface area contributed by atoms with E-state index in [0.717, 1.165) is 31.1 Å². The second-order valence-electron chi connectivity index (χ2n) is 4.61. The summed E-state index contributed by atoms with van der Waals surface area (Å²) in [5.74, 6) is 1.72. The van der Waals surface area contributed by atoms with Crippen LogP contribution in [0.4, 0.5) is 0 Å². The second kappa shape index (κ2) is 4.94. The Balaban J connectivity index is 1.57. The normalized spacial score (nSPS) is 22.7. The molecule has 1 atom stereocenters. The first-order chi connectivity index (χ1) is 8.42. The first-order valence-electron chi connectivity index (χ1n) is 6.24. The van der Waals surface area contributed by atoms with E-state index < -0.39 is 0 Å². The van der Waals surface area contributed by atoms with Gasteiger partial charge >= 0.3 is 0 Å². The summed E-state index contributed by atoms with van der Waals surface area (Å²) in [6.07, 6.45) is 2.52. The Morgan fingerprint density at radius 2 is 2.24 bits per heavy atom. The summed E-state index contributed by atoms with van der Waals surface area (Å²) < 4.78 is 10.7. The van der Waals surface area contributed by atoms with Gasteiger partial charge in [-0.3, -0.25) is 0 Å². The fraction of sp³-hybridized carbons (Fsp3) is 0.538. The van der Waals surface area contributed by atoms with Crippen LogP contribution in [0, 0.1) is 0 Å². The molecule has 4 nitrogen and oxygen atoms in total. The maximum absolute atomic E-state index is 5.37. The van der Waals surface area contributed by atoms with E-state index in [1.807, 2.05) is 6.07 Å². The van der Waals surface area contributed by atoms with Crippen molar-refractivity contribution in [2.24, 2.45) is 0 Å². The molecule has 3 rings (SSSR count). The summed E-state index contributed by atoms with van der Waals surface area (Å²) in [5, 5.41) is 6.98. The monoisotopic (exact) mass is 234 g/mol. The first kappa shape index (κ1) is 10.9. The van der Waals surface area contributed by atoms with Crippen molar-refractivity contribution in [2.45, 2.75) is 25.4 Å².